The Morgan fingerprint density at radius 3 is 0.745 bits per heavy atom. The molecule has 2 aliphatic heterocycles. The number of rotatable bonds is 8. The first kappa shape index (κ1) is 88.9. The van der Waals surface area contributed by atoms with Gasteiger partial charge in [0.2, 0.25) is 0 Å². The van der Waals surface area contributed by atoms with Crippen LogP contribution in [0.15, 0.2) is 90.5 Å². The zero-order chi connectivity index (χ0) is 74.1. The molecule has 8 aliphatic rings. The monoisotopic (exact) mass is 1680 g/mol. The van der Waals surface area contributed by atoms with Crippen LogP contribution < -0.4 is 19.6 Å². The summed E-state index contributed by atoms with van der Waals surface area (Å²) in [6.07, 6.45) is 47.4. The first-order valence-corrected chi connectivity index (χ1v) is 52.1. The molecule has 5 aromatic rings. The van der Waals surface area contributed by atoms with Gasteiger partial charge in [0.25, 0.3) is 0 Å². The molecule has 4 nitrogen and oxygen atoms in total. The van der Waals surface area contributed by atoms with E-state index >= 15 is 0 Å². The van der Waals surface area contributed by atoms with Gasteiger partial charge < -0.3 is 19.6 Å². The number of halogens is 4. The molecule has 574 valence electrons. The van der Waals surface area contributed by atoms with Crippen LogP contribution in [0.5, 0.6) is 0 Å². The summed E-state index contributed by atoms with van der Waals surface area (Å²) in [5.41, 5.74) is 25.9. The van der Waals surface area contributed by atoms with Gasteiger partial charge in [0, 0.05) is 48.9 Å². The molecule has 5 aromatic carbocycles. The zero-order valence-electron chi connectivity index (χ0n) is 66.1. The predicted octanol–water partition coefficient (Wildman–Crippen LogP) is 28.1. The fourth-order valence-corrected chi connectivity index (χ4v) is 21.7. The van der Waals surface area contributed by atoms with Crippen molar-refractivity contribution in [3.63, 3.8) is 0 Å². The van der Waals surface area contributed by atoms with Crippen LogP contribution in [0.3, 0.4) is 0 Å². The van der Waals surface area contributed by atoms with Crippen molar-refractivity contribution in [2.75, 3.05) is 45.8 Å². The van der Waals surface area contributed by atoms with Gasteiger partial charge in [0.05, 0.1) is 0 Å². The van der Waals surface area contributed by atoms with Gasteiger partial charge in [-0.05, 0) is 188 Å². The molecule has 2 saturated heterocycles. The summed E-state index contributed by atoms with van der Waals surface area (Å²) < 4.78 is 3.80. The van der Waals surface area contributed by atoms with E-state index in [0.717, 1.165) is 66.7 Å². The minimum atomic E-state index is -1.61. The van der Waals surface area contributed by atoms with Crippen LogP contribution in [0.25, 0.3) is 0 Å². The van der Waals surface area contributed by atoms with Crippen LogP contribution in [0.1, 0.15) is 279 Å². The average Bonchev–Trinajstić information content (AvgIpc) is 1.62. The quantitative estimate of drug-likeness (QED) is 0.0872. The van der Waals surface area contributed by atoms with Gasteiger partial charge in [-0.15, -0.1) is 18.5 Å². The second kappa shape index (κ2) is 48.5. The molecule has 0 bridgehead atoms. The molecule has 0 spiro atoms. The van der Waals surface area contributed by atoms with Crippen molar-refractivity contribution >= 4 is 89.2 Å². The normalized spacial score (nSPS) is 18.8. The van der Waals surface area contributed by atoms with Gasteiger partial charge in [0.1, 0.15) is 0 Å². The SMILES string of the molecule is C1CCC(C2CCCCC2)CC1.C1CCC(C2CCCCC2)CC1.CC(C)=C[CH]=[Ru]([Cl])[Cl].Cc1cc(C)c(N2[CH-]N(c3c(C)cc(C)cc3C)CC2)c(C)c1.Cc1cc(C)c(N2[CH-]N(c3c(C)cc(C)cc3C)CC2)c(C)c1.PC1CCCCC1.PC1CCCCC1.[Cl][Ru]([Cl])=[CH]c1ccccc1. The van der Waals surface area contributed by atoms with E-state index < -0.39 is 27.0 Å². The Labute approximate surface area is 657 Å². The summed E-state index contributed by atoms with van der Waals surface area (Å²) in [5.74, 6) is 4.55. The number of nitrogens with zero attached hydrogens (tertiary/aromatic N) is 4. The van der Waals surface area contributed by atoms with Gasteiger partial charge in [-0.3, -0.25) is 0 Å². The van der Waals surface area contributed by atoms with Crippen molar-refractivity contribution in [1.29, 1.82) is 0 Å². The summed E-state index contributed by atoms with van der Waals surface area (Å²) in [6.45, 7) is 39.2. The number of hydrogen-bond acceptors (Lipinski definition) is 4. The van der Waals surface area contributed by atoms with E-state index in [1.54, 1.807) is 51.4 Å². The van der Waals surface area contributed by atoms with Crippen molar-refractivity contribution in [2.24, 2.45) is 23.7 Å². The second-order valence-corrected chi connectivity index (χ2v) is 45.1. The number of benzene rings is 5. The summed E-state index contributed by atoms with van der Waals surface area (Å²) in [7, 11) is 28.2. The van der Waals surface area contributed by atoms with E-state index in [0.29, 0.717) is 0 Å². The Balaban J connectivity index is 0.000000191. The molecule has 0 amide bonds. The van der Waals surface area contributed by atoms with Crippen molar-refractivity contribution < 1.29 is 27.0 Å². The fourth-order valence-electron chi connectivity index (χ4n) is 17.6. The van der Waals surface area contributed by atoms with Crippen LogP contribution in [-0.4, -0.2) is 46.7 Å². The molecule has 0 radical (unpaired) electrons. The topological polar surface area (TPSA) is 13.0 Å². The molecular formula is C90H138Cl4N4P2Ru2-2. The van der Waals surface area contributed by atoms with E-state index in [1.807, 2.05) is 59.5 Å². The van der Waals surface area contributed by atoms with Crippen LogP contribution in [-0.2, 0) is 27.0 Å². The third-order valence-electron chi connectivity index (χ3n) is 22.1. The molecule has 102 heavy (non-hydrogen) atoms. The van der Waals surface area contributed by atoms with Gasteiger partial charge >= 0.3 is 136 Å². The molecule has 2 atom stereocenters. The Hall–Kier alpha value is -1.95. The molecule has 2 unspecified atom stereocenters. The summed E-state index contributed by atoms with van der Waals surface area (Å²) in [5, 5.41) is 0. The fraction of sp³-hybridized carbons (Fsp3) is 0.600. The van der Waals surface area contributed by atoms with Crippen LogP contribution in [0, 0.1) is 120 Å². The van der Waals surface area contributed by atoms with Gasteiger partial charge in [-0.2, -0.15) is 13.3 Å². The van der Waals surface area contributed by atoms with Gasteiger partial charge in [-0.25, -0.2) is 0 Å². The number of anilines is 4. The molecule has 12 heteroatoms. The number of hydrogen-bond donors (Lipinski definition) is 0. The molecule has 6 saturated carbocycles. The molecule has 8 fully saturated rings. The molecule has 2 heterocycles. The molecule has 13 rings (SSSR count). The second-order valence-electron chi connectivity index (χ2n) is 31.7. The van der Waals surface area contributed by atoms with E-state index in [9.17, 15) is 0 Å². The zero-order valence-corrected chi connectivity index (χ0v) is 74.9. The van der Waals surface area contributed by atoms with E-state index in [-0.39, 0.29) is 0 Å². The Bertz CT molecular complexity index is 2880. The van der Waals surface area contributed by atoms with E-state index in [1.165, 1.54) is 236 Å². The van der Waals surface area contributed by atoms with E-state index in [2.05, 4.69) is 183 Å². The maximum absolute atomic E-state index is 5.67. The number of allylic oxidation sites excluding steroid dienone is 2. The molecule has 0 aromatic heterocycles. The van der Waals surface area contributed by atoms with Crippen molar-refractivity contribution in [3.8, 4) is 0 Å². The first-order chi connectivity index (χ1) is 48.9. The minimum absolute atomic E-state index is 0.953. The predicted molar refractivity (Wildman–Crippen MR) is 461 cm³/mol. The van der Waals surface area contributed by atoms with Crippen LogP contribution in [0.4, 0.5) is 22.7 Å². The Morgan fingerprint density at radius 2 is 0.569 bits per heavy atom. The average molecular weight is 1680 g/mol. The van der Waals surface area contributed by atoms with Gasteiger partial charge in [-0.1, -0.05) is 238 Å². The molecule has 0 N–H and O–H groups in total. The summed E-state index contributed by atoms with van der Waals surface area (Å²) in [4.78, 5) is 9.62. The summed E-state index contributed by atoms with van der Waals surface area (Å²) >= 11 is -3.13. The standard InChI is InChI=1S/2C21H27N2.2C12H22.C7H6.2C6H13P.C5H8.4ClH.2Ru/c2*1-14-9-16(3)20(17(4)10-14)22-7-8-23(13-22)21-18(5)11-15(2)12-19(21)6;2*1-3-7-11(8-4-1)12-9-5-2-6-10-12;1-7-5-3-2-4-6-7;2*7-6-4-2-1-3-5-6;1-4-5(2)3;;;;;;/h2*9-13H,7-8H2,1-6H3;2*11-12H,1-10H2;1-6H;2*6H,1-5,7H2;1,4H,2-3H3;4*1H;;/q2*-1;;;;;;;;;;;2*+2/p-4. The molecular weight excluding hydrogens is 1540 g/mol. The number of aryl methyl sites for hydroxylation is 12. The van der Waals surface area contributed by atoms with Crippen LogP contribution >= 0.6 is 57.2 Å². The van der Waals surface area contributed by atoms with Crippen molar-refractivity contribution in [1.82, 2.24) is 0 Å². The molecule has 6 aliphatic carbocycles. The first-order valence-electron chi connectivity index (χ1n) is 39.8. The summed E-state index contributed by atoms with van der Waals surface area (Å²) in [6, 6.07) is 28.1. The van der Waals surface area contributed by atoms with Crippen molar-refractivity contribution in [3.05, 3.63) is 176 Å². The van der Waals surface area contributed by atoms with Gasteiger partial charge in [0.15, 0.2) is 0 Å². The van der Waals surface area contributed by atoms with Crippen molar-refractivity contribution in [2.45, 2.75) is 301 Å². The third-order valence-corrected chi connectivity index (χ3v) is 27.1. The maximum atomic E-state index is 5.67. The Morgan fingerprint density at radius 1 is 0.343 bits per heavy atom. The van der Waals surface area contributed by atoms with E-state index in [4.69, 9.17) is 38.8 Å². The van der Waals surface area contributed by atoms with Crippen LogP contribution in [0.2, 0.25) is 0 Å². The third kappa shape index (κ3) is 32.3. The Kier molecular flexibility index (Phi) is 42.3.